The van der Waals surface area contributed by atoms with Crippen molar-refractivity contribution in [3.8, 4) is 5.75 Å². The van der Waals surface area contributed by atoms with Crippen LogP contribution in [-0.4, -0.2) is 46.0 Å². The highest BCUT2D eigenvalue weighted by molar-refractivity contribution is 8.31. The van der Waals surface area contributed by atoms with Crippen molar-refractivity contribution in [3.63, 3.8) is 0 Å². The highest BCUT2D eigenvalue weighted by Gasteiger charge is 2.44. The van der Waals surface area contributed by atoms with Gasteiger partial charge in [0.2, 0.25) is 0 Å². The molecule has 0 aromatic heterocycles. The molecule has 0 fully saturated rings. The van der Waals surface area contributed by atoms with E-state index < -0.39 is 18.5 Å². The second-order valence-electron chi connectivity index (χ2n) is 10.1. The zero-order valence-electron chi connectivity index (χ0n) is 21.5. The first-order valence-electron chi connectivity index (χ1n) is 11.7. The van der Waals surface area contributed by atoms with Crippen LogP contribution in [-0.2, 0) is 4.43 Å². The molecule has 3 nitrogen and oxygen atoms in total. The van der Waals surface area contributed by atoms with Gasteiger partial charge >= 0.3 is 0 Å². The Bertz CT molecular complexity index is 834. The quantitative estimate of drug-likeness (QED) is 0.190. The molecule has 0 bridgehead atoms. The van der Waals surface area contributed by atoms with Crippen molar-refractivity contribution in [1.82, 2.24) is 0 Å². The van der Waals surface area contributed by atoms with Crippen LogP contribution in [0, 0.1) is 0 Å². The van der Waals surface area contributed by atoms with Crippen LogP contribution in [0.5, 0.6) is 5.75 Å². The van der Waals surface area contributed by atoms with E-state index in [1.54, 1.807) is 0 Å². The second-order valence-corrected chi connectivity index (χ2v) is 19.3. The summed E-state index contributed by atoms with van der Waals surface area (Å²) in [5, 5.41) is 0. The molecule has 0 N–H and O–H groups in total. The Labute approximate surface area is 199 Å². The van der Waals surface area contributed by atoms with Gasteiger partial charge in [0.1, 0.15) is 12.4 Å². The summed E-state index contributed by atoms with van der Waals surface area (Å²) in [6.07, 6.45) is 6.63. The summed E-state index contributed by atoms with van der Waals surface area (Å²) in [4.78, 5) is 0. The Kier molecular flexibility index (Phi) is 9.62. The van der Waals surface area contributed by atoms with Crippen molar-refractivity contribution in [2.24, 2.45) is 4.40 Å². The third-order valence-corrected chi connectivity index (χ3v) is 12.8. The first-order valence-corrected chi connectivity index (χ1v) is 16.6. The molecule has 2 rings (SSSR count). The van der Waals surface area contributed by atoms with Gasteiger partial charge in [-0.05, 0) is 59.7 Å². The van der Waals surface area contributed by atoms with Gasteiger partial charge < -0.3 is 9.16 Å². The van der Waals surface area contributed by atoms with Gasteiger partial charge in [-0.1, -0.05) is 71.9 Å². The molecule has 0 spiro atoms. The Morgan fingerprint density at radius 1 is 0.750 bits per heavy atom. The fourth-order valence-electron chi connectivity index (χ4n) is 4.73. The lowest BCUT2D eigenvalue weighted by Gasteiger charge is -2.42. The summed E-state index contributed by atoms with van der Waals surface area (Å²) in [6, 6.07) is 18.7. The van der Waals surface area contributed by atoms with Crippen LogP contribution in [0.15, 0.2) is 59.0 Å². The summed E-state index contributed by atoms with van der Waals surface area (Å²) in [6.45, 7) is 15.1. The Hall–Kier alpha value is -1.56. The minimum absolute atomic E-state index is 0.575. The summed E-state index contributed by atoms with van der Waals surface area (Å²) in [5.74, 6) is 0.874. The number of ether oxygens (including phenoxy) is 1. The molecular formula is C27H43NO2SSi. The monoisotopic (exact) mass is 473 g/mol. The molecule has 0 saturated heterocycles. The smallest absolute Gasteiger partial charge is 0.200 e. The number of nitrogens with zero attached hydrogens (tertiary/aromatic N) is 1. The maximum atomic E-state index is 6.61. The van der Waals surface area contributed by atoms with E-state index in [0.717, 1.165) is 22.6 Å². The molecule has 0 radical (unpaired) electrons. The van der Waals surface area contributed by atoms with Gasteiger partial charge in [0.25, 0.3) is 0 Å². The van der Waals surface area contributed by atoms with E-state index >= 15 is 0 Å². The van der Waals surface area contributed by atoms with Crippen molar-refractivity contribution in [3.05, 3.63) is 65.7 Å². The average Bonchev–Trinajstić information content (AvgIpc) is 2.72. The molecule has 0 amide bonds. The van der Waals surface area contributed by atoms with Gasteiger partial charge in [-0.25, -0.2) is 4.40 Å². The number of benzene rings is 2. The van der Waals surface area contributed by atoms with E-state index in [1.165, 1.54) is 0 Å². The van der Waals surface area contributed by atoms with E-state index in [1.807, 2.05) is 18.2 Å². The van der Waals surface area contributed by atoms with Crippen LogP contribution in [0.1, 0.15) is 52.7 Å². The Balaban J connectivity index is 2.08. The minimum Gasteiger partial charge on any atom is -0.491 e. The van der Waals surface area contributed by atoms with Crippen molar-refractivity contribution in [2.45, 2.75) is 58.2 Å². The zero-order valence-corrected chi connectivity index (χ0v) is 23.3. The van der Waals surface area contributed by atoms with Gasteiger partial charge in [-0.3, -0.25) is 0 Å². The third-order valence-electron chi connectivity index (χ3n) is 5.95. The molecule has 178 valence electrons. The maximum Gasteiger partial charge on any atom is 0.200 e. The molecule has 0 aliphatic carbocycles. The third kappa shape index (κ3) is 6.97. The van der Waals surface area contributed by atoms with Crippen molar-refractivity contribution in [1.29, 1.82) is 0 Å². The molecule has 2 aromatic rings. The molecule has 0 heterocycles. The molecule has 0 atom stereocenters. The molecule has 32 heavy (non-hydrogen) atoms. The van der Waals surface area contributed by atoms with E-state index in [2.05, 4.69) is 96.7 Å². The summed E-state index contributed by atoms with van der Waals surface area (Å²) in [5.41, 5.74) is 5.07. The van der Waals surface area contributed by atoms with E-state index in [4.69, 9.17) is 13.6 Å². The van der Waals surface area contributed by atoms with E-state index in [0.29, 0.717) is 29.8 Å². The fourth-order valence-corrected chi connectivity index (χ4v) is 10.9. The van der Waals surface area contributed by atoms with Gasteiger partial charge in [0.05, 0.1) is 12.3 Å². The van der Waals surface area contributed by atoms with Gasteiger partial charge in [0, 0.05) is 11.1 Å². The van der Waals surface area contributed by atoms with Gasteiger partial charge in [-0.2, -0.15) is 10.2 Å². The van der Waals surface area contributed by atoms with Crippen LogP contribution in [0.3, 0.4) is 0 Å². The lowest BCUT2D eigenvalue weighted by molar-refractivity contribution is 0.198. The number of hydrogen-bond donors (Lipinski definition) is 0. The zero-order chi connectivity index (χ0) is 23.9. The molecule has 5 heteroatoms. The maximum absolute atomic E-state index is 6.61. The van der Waals surface area contributed by atoms with E-state index in [9.17, 15) is 0 Å². The summed E-state index contributed by atoms with van der Waals surface area (Å²) >= 11 is 0. The minimum atomic E-state index is -1.84. The normalized spacial score (nSPS) is 13.8. The standard InChI is InChI=1S/C27H43NO2SSi/c1-21(2)32(22(3)4,23(5)6)30-20-19-29-26-17-15-25(16-18-26)27(28-31(7,8)9)24-13-11-10-12-14-24/h10-18,21-23H,19-20H2,1-9H3. The largest absolute Gasteiger partial charge is 0.491 e. The molecule has 0 aliphatic rings. The molecule has 0 unspecified atom stereocenters. The van der Waals surface area contributed by atoms with Gasteiger partial charge in [0.15, 0.2) is 8.32 Å². The first kappa shape index (κ1) is 26.7. The van der Waals surface area contributed by atoms with Crippen molar-refractivity contribution < 1.29 is 9.16 Å². The second kappa shape index (κ2) is 11.5. The topological polar surface area (TPSA) is 30.8 Å². The molecular weight excluding hydrogens is 430 g/mol. The summed E-state index contributed by atoms with van der Waals surface area (Å²) < 4.78 is 17.7. The van der Waals surface area contributed by atoms with Crippen LogP contribution in [0.25, 0.3) is 0 Å². The summed E-state index contributed by atoms with van der Waals surface area (Å²) in [7, 11) is -2.88. The lowest BCUT2D eigenvalue weighted by Crippen LogP contribution is -2.48. The fraction of sp³-hybridized carbons (Fsp3) is 0.519. The molecule has 0 saturated carbocycles. The van der Waals surface area contributed by atoms with Crippen LogP contribution >= 0.6 is 10.2 Å². The van der Waals surface area contributed by atoms with Crippen LogP contribution in [0.2, 0.25) is 16.6 Å². The Morgan fingerprint density at radius 2 is 1.25 bits per heavy atom. The predicted octanol–water partition coefficient (Wildman–Crippen LogP) is 7.70. The highest BCUT2D eigenvalue weighted by atomic mass is 32.3. The lowest BCUT2D eigenvalue weighted by atomic mass is 10.0. The average molecular weight is 474 g/mol. The first-order chi connectivity index (χ1) is 15.0. The highest BCUT2D eigenvalue weighted by Crippen LogP contribution is 2.42. The SMILES string of the molecule is CC(C)[Si](OCCOc1ccc(C(=NS(C)(C)C)c2ccccc2)cc1)(C(C)C)C(C)C. The molecule has 2 aromatic carbocycles. The van der Waals surface area contributed by atoms with Crippen LogP contribution in [0.4, 0.5) is 0 Å². The van der Waals surface area contributed by atoms with Crippen molar-refractivity contribution in [2.75, 3.05) is 32.0 Å². The van der Waals surface area contributed by atoms with Gasteiger partial charge in [-0.15, -0.1) is 0 Å². The number of hydrogen-bond acceptors (Lipinski definition) is 3. The van der Waals surface area contributed by atoms with Crippen LogP contribution < -0.4 is 4.74 Å². The molecule has 0 aliphatic heterocycles. The Morgan fingerprint density at radius 3 is 1.72 bits per heavy atom. The van der Waals surface area contributed by atoms with E-state index in [-0.39, 0.29) is 0 Å². The number of rotatable bonds is 11. The van der Waals surface area contributed by atoms with Crippen molar-refractivity contribution >= 4 is 24.2 Å². The predicted molar refractivity (Wildman–Crippen MR) is 146 cm³/mol.